The minimum atomic E-state index is -0.473. The van der Waals surface area contributed by atoms with Crippen molar-refractivity contribution in [2.75, 3.05) is 31.6 Å². The lowest BCUT2D eigenvalue weighted by molar-refractivity contribution is 0.0712. The number of likely N-dealkylation sites (tertiary alicyclic amines) is 1. The van der Waals surface area contributed by atoms with Crippen molar-refractivity contribution in [2.45, 2.75) is 63.4 Å². The van der Waals surface area contributed by atoms with Crippen LogP contribution in [0.2, 0.25) is 0 Å². The van der Waals surface area contributed by atoms with Crippen LogP contribution in [0.25, 0.3) is 0 Å². The number of nitrogens with one attached hydrogen (secondary N) is 1. The predicted molar refractivity (Wildman–Crippen MR) is 131 cm³/mol. The van der Waals surface area contributed by atoms with Crippen LogP contribution < -0.4 is 5.32 Å². The van der Waals surface area contributed by atoms with Crippen LogP contribution in [0.5, 0.6) is 0 Å². The molecule has 5 rings (SSSR count). The topological polar surface area (TPSA) is 67.9 Å². The lowest BCUT2D eigenvalue weighted by atomic mass is 9.79. The van der Waals surface area contributed by atoms with Gasteiger partial charge in [0.1, 0.15) is 6.10 Å². The second-order valence-electron chi connectivity index (χ2n) is 9.92. The van der Waals surface area contributed by atoms with Gasteiger partial charge in [-0.2, -0.15) is 0 Å². The second-order valence-corrected chi connectivity index (χ2v) is 9.92. The number of ether oxygens (including phenoxy) is 2. The molecule has 6 heteroatoms. The van der Waals surface area contributed by atoms with E-state index in [9.17, 15) is 9.59 Å². The van der Waals surface area contributed by atoms with Gasteiger partial charge < -0.3 is 14.4 Å². The van der Waals surface area contributed by atoms with E-state index >= 15 is 0 Å². The summed E-state index contributed by atoms with van der Waals surface area (Å²) in [5, 5.41) is 2.93. The van der Waals surface area contributed by atoms with Crippen LogP contribution in [-0.4, -0.2) is 49.3 Å². The Hall–Kier alpha value is -2.86. The molecule has 1 atom stereocenters. The number of rotatable bonds is 5. The Kier molecular flexibility index (Phi) is 6.86. The lowest BCUT2D eigenvalue weighted by Crippen LogP contribution is -2.38. The van der Waals surface area contributed by atoms with E-state index in [0.29, 0.717) is 36.3 Å². The largest absolute Gasteiger partial charge is 0.443 e. The molecule has 0 aromatic heterocycles. The summed E-state index contributed by atoms with van der Waals surface area (Å²) >= 11 is 0. The van der Waals surface area contributed by atoms with Crippen molar-refractivity contribution in [3.05, 3.63) is 64.7 Å². The normalized spacial score (nSPS) is 21.2. The van der Waals surface area contributed by atoms with E-state index in [1.807, 2.05) is 23.1 Å². The molecule has 2 aromatic rings. The summed E-state index contributed by atoms with van der Waals surface area (Å²) in [4.78, 5) is 27.8. The zero-order chi connectivity index (χ0) is 23.5. The highest BCUT2D eigenvalue weighted by atomic mass is 16.6. The van der Waals surface area contributed by atoms with Gasteiger partial charge in [0.25, 0.3) is 5.91 Å². The van der Waals surface area contributed by atoms with Crippen molar-refractivity contribution in [2.24, 2.45) is 0 Å². The standard InChI is InChI=1S/C28H34N2O4/c1-19-5-7-20(8-6-19)21-11-14-30(15-12-21)27(31)23-9-10-25(22-3-2-4-22)26(17-23)29-28(32)34-24-13-16-33-18-24/h5-10,17,21-22,24H,2-4,11-16,18H2,1H3,(H,29,32)/t24-/m1/s1. The minimum absolute atomic E-state index is 0.0307. The van der Waals surface area contributed by atoms with Crippen molar-refractivity contribution in [3.63, 3.8) is 0 Å². The molecule has 6 nitrogen and oxygen atoms in total. The minimum Gasteiger partial charge on any atom is -0.443 e. The van der Waals surface area contributed by atoms with Crippen LogP contribution in [0.15, 0.2) is 42.5 Å². The molecule has 3 fully saturated rings. The third kappa shape index (κ3) is 5.12. The van der Waals surface area contributed by atoms with Gasteiger partial charge in [-0.25, -0.2) is 4.79 Å². The number of hydrogen-bond donors (Lipinski definition) is 1. The summed E-state index contributed by atoms with van der Waals surface area (Å²) in [5.74, 6) is 0.958. The highest BCUT2D eigenvalue weighted by molar-refractivity contribution is 5.97. The SMILES string of the molecule is Cc1ccc(C2CCN(C(=O)c3ccc(C4CCC4)c(NC(=O)O[C@@H]4CCOC4)c3)CC2)cc1. The van der Waals surface area contributed by atoms with E-state index in [1.165, 1.54) is 17.5 Å². The van der Waals surface area contributed by atoms with Crippen molar-refractivity contribution in [3.8, 4) is 0 Å². The van der Waals surface area contributed by atoms with Gasteiger partial charge in [0.15, 0.2) is 0 Å². The molecule has 2 heterocycles. The Labute approximate surface area is 201 Å². The molecule has 3 aliphatic rings. The Bertz CT molecular complexity index is 1020. The van der Waals surface area contributed by atoms with Gasteiger partial charge in [-0.15, -0.1) is 0 Å². The van der Waals surface area contributed by atoms with Crippen LogP contribution in [0.4, 0.5) is 10.5 Å². The smallest absolute Gasteiger partial charge is 0.411 e. The first-order valence-corrected chi connectivity index (χ1v) is 12.6. The maximum absolute atomic E-state index is 13.3. The van der Waals surface area contributed by atoms with Crippen molar-refractivity contribution >= 4 is 17.7 Å². The Balaban J connectivity index is 1.26. The van der Waals surface area contributed by atoms with Crippen molar-refractivity contribution in [1.29, 1.82) is 0 Å². The summed E-state index contributed by atoms with van der Waals surface area (Å²) < 4.78 is 10.8. The fourth-order valence-corrected chi connectivity index (χ4v) is 5.21. The number of amides is 2. The molecule has 2 aromatic carbocycles. The maximum atomic E-state index is 13.3. The number of hydrogen-bond acceptors (Lipinski definition) is 4. The van der Waals surface area contributed by atoms with E-state index in [-0.39, 0.29) is 12.0 Å². The first kappa shape index (κ1) is 22.9. The molecule has 0 unspecified atom stereocenters. The number of piperidine rings is 1. The van der Waals surface area contributed by atoms with Gasteiger partial charge in [-0.3, -0.25) is 10.1 Å². The summed E-state index contributed by atoms with van der Waals surface area (Å²) in [6.45, 7) is 4.66. The molecule has 0 radical (unpaired) electrons. The highest BCUT2D eigenvalue weighted by Gasteiger charge is 2.28. The number of nitrogens with zero attached hydrogens (tertiary/aromatic N) is 1. The Morgan fingerprint density at radius 3 is 2.38 bits per heavy atom. The van der Waals surface area contributed by atoms with Crippen LogP contribution in [-0.2, 0) is 9.47 Å². The van der Waals surface area contributed by atoms with E-state index in [4.69, 9.17) is 9.47 Å². The molecule has 2 amide bonds. The van der Waals surface area contributed by atoms with E-state index < -0.39 is 6.09 Å². The third-order valence-corrected chi connectivity index (χ3v) is 7.57. The fourth-order valence-electron chi connectivity index (χ4n) is 5.21. The first-order valence-electron chi connectivity index (χ1n) is 12.6. The Morgan fingerprint density at radius 2 is 1.74 bits per heavy atom. The van der Waals surface area contributed by atoms with Gasteiger partial charge in [-0.05, 0) is 67.7 Å². The molecule has 180 valence electrons. The van der Waals surface area contributed by atoms with Gasteiger partial charge in [0.05, 0.1) is 13.2 Å². The molecular formula is C28H34N2O4. The molecule has 1 saturated carbocycles. The van der Waals surface area contributed by atoms with Gasteiger partial charge >= 0.3 is 6.09 Å². The Morgan fingerprint density at radius 1 is 0.971 bits per heavy atom. The van der Waals surface area contributed by atoms with Crippen LogP contribution in [0.1, 0.15) is 77.4 Å². The molecule has 2 aliphatic heterocycles. The molecule has 2 saturated heterocycles. The molecule has 0 spiro atoms. The summed E-state index contributed by atoms with van der Waals surface area (Å²) in [7, 11) is 0. The molecule has 34 heavy (non-hydrogen) atoms. The number of aryl methyl sites for hydroxylation is 1. The predicted octanol–water partition coefficient (Wildman–Crippen LogP) is 5.62. The monoisotopic (exact) mass is 462 g/mol. The van der Waals surface area contributed by atoms with Crippen molar-refractivity contribution in [1.82, 2.24) is 4.90 Å². The zero-order valence-electron chi connectivity index (χ0n) is 19.9. The number of anilines is 1. The lowest BCUT2D eigenvalue weighted by Gasteiger charge is -2.33. The van der Waals surface area contributed by atoms with E-state index in [0.717, 1.165) is 50.8 Å². The number of carbonyl (C=O) groups is 2. The molecule has 1 aliphatic carbocycles. The van der Waals surface area contributed by atoms with Crippen molar-refractivity contribution < 1.29 is 19.1 Å². The van der Waals surface area contributed by atoms with Gasteiger partial charge in [0.2, 0.25) is 0 Å². The molecule has 0 bridgehead atoms. The van der Waals surface area contributed by atoms with Crippen LogP contribution in [0.3, 0.4) is 0 Å². The van der Waals surface area contributed by atoms with Crippen LogP contribution in [0, 0.1) is 6.92 Å². The maximum Gasteiger partial charge on any atom is 0.411 e. The number of benzene rings is 2. The van der Waals surface area contributed by atoms with E-state index in [1.54, 1.807) is 0 Å². The highest BCUT2D eigenvalue weighted by Crippen LogP contribution is 2.40. The molecule has 1 N–H and O–H groups in total. The summed E-state index contributed by atoms with van der Waals surface area (Å²) in [6.07, 6.45) is 5.40. The second kappa shape index (κ2) is 10.2. The first-order chi connectivity index (χ1) is 16.6. The summed E-state index contributed by atoms with van der Waals surface area (Å²) in [6, 6.07) is 14.5. The van der Waals surface area contributed by atoms with Gasteiger partial charge in [0, 0.05) is 30.8 Å². The average Bonchev–Trinajstić information content (AvgIpc) is 3.32. The average molecular weight is 463 g/mol. The third-order valence-electron chi connectivity index (χ3n) is 7.57. The zero-order valence-corrected chi connectivity index (χ0v) is 19.9. The summed E-state index contributed by atoms with van der Waals surface area (Å²) in [5.41, 5.74) is 5.05. The van der Waals surface area contributed by atoms with Gasteiger partial charge in [-0.1, -0.05) is 42.3 Å². The fraction of sp³-hybridized carbons (Fsp3) is 0.500. The van der Waals surface area contributed by atoms with Crippen LogP contribution >= 0.6 is 0 Å². The molecular weight excluding hydrogens is 428 g/mol. The number of carbonyl (C=O) groups excluding carboxylic acids is 2. The quantitative estimate of drug-likeness (QED) is 0.626. The van der Waals surface area contributed by atoms with E-state index in [2.05, 4.69) is 36.5 Å².